The summed E-state index contributed by atoms with van der Waals surface area (Å²) in [6.45, 7) is 3.90. The van der Waals surface area contributed by atoms with E-state index < -0.39 is 47.4 Å². The summed E-state index contributed by atoms with van der Waals surface area (Å²) in [6, 6.07) is 30.8. The maximum atomic E-state index is 14.6. The average Bonchev–Trinajstić information content (AvgIpc) is 3.53. The van der Waals surface area contributed by atoms with Gasteiger partial charge in [0.1, 0.15) is 23.3 Å². The molecule has 4 aromatic carbocycles. The van der Waals surface area contributed by atoms with E-state index in [0.29, 0.717) is 16.8 Å². The molecule has 3 aliphatic rings. The number of anilines is 1. The molecule has 8 heteroatoms. The van der Waals surface area contributed by atoms with Gasteiger partial charge in [-0.05, 0) is 40.5 Å². The van der Waals surface area contributed by atoms with Crippen molar-refractivity contribution in [3.63, 3.8) is 0 Å². The van der Waals surface area contributed by atoms with Crippen LogP contribution >= 0.6 is 0 Å². The first-order chi connectivity index (χ1) is 21.5. The van der Waals surface area contributed by atoms with Gasteiger partial charge in [-0.25, -0.2) is 0 Å². The molecule has 0 bridgehead atoms. The van der Waals surface area contributed by atoms with Gasteiger partial charge in [0.15, 0.2) is 0 Å². The number of phenols is 1. The van der Waals surface area contributed by atoms with Crippen LogP contribution in [0.4, 0.5) is 5.69 Å². The fourth-order valence-electron chi connectivity index (χ4n) is 7.49. The third-order valence-electron chi connectivity index (χ3n) is 9.13. The van der Waals surface area contributed by atoms with Crippen molar-refractivity contribution in [2.45, 2.75) is 29.6 Å². The number of para-hydroxylation sites is 1. The molecule has 3 heterocycles. The number of hydrogen-bond donors (Lipinski definition) is 3. The number of rotatable bonds is 6. The van der Waals surface area contributed by atoms with Gasteiger partial charge >= 0.3 is 5.97 Å². The van der Waals surface area contributed by atoms with E-state index in [1.807, 2.05) is 89.8 Å². The van der Waals surface area contributed by atoms with Gasteiger partial charge in [-0.3, -0.25) is 19.3 Å². The number of carbonyl (C=O) groups excluding carboxylic acids is 3. The Labute approximate surface area is 255 Å². The Morgan fingerprint density at radius 1 is 0.864 bits per heavy atom. The first kappa shape index (κ1) is 27.6. The molecule has 220 valence electrons. The van der Waals surface area contributed by atoms with Crippen molar-refractivity contribution >= 4 is 23.5 Å². The fourth-order valence-corrected chi connectivity index (χ4v) is 7.49. The summed E-state index contributed by atoms with van der Waals surface area (Å²) in [5, 5.41) is 16.2. The molecule has 2 amide bonds. The molecule has 0 radical (unpaired) electrons. The largest absolute Gasteiger partial charge is 0.508 e. The molecule has 6 unspecified atom stereocenters. The van der Waals surface area contributed by atoms with Gasteiger partial charge in [-0.2, -0.15) is 0 Å². The summed E-state index contributed by atoms with van der Waals surface area (Å²) in [4.78, 5) is 45.3. The van der Waals surface area contributed by atoms with E-state index in [-0.39, 0.29) is 18.2 Å². The number of esters is 1. The van der Waals surface area contributed by atoms with E-state index in [2.05, 4.69) is 17.2 Å². The van der Waals surface area contributed by atoms with Crippen molar-refractivity contribution in [1.29, 1.82) is 0 Å². The van der Waals surface area contributed by atoms with Crippen LogP contribution in [0.3, 0.4) is 0 Å². The molecular weight excluding hydrogens is 554 g/mol. The number of amides is 2. The van der Waals surface area contributed by atoms with Crippen molar-refractivity contribution in [2.75, 3.05) is 11.9 Å². The van der Waals surface area contributed by atoms with E-state index >= 15 is 0 Å². The normalized spacial score (nSPS) is 27.2. The third-order valence-corrected chi connectivity index (χ3v) is 9.13. The molecule has 3 aliphatic heterocycles. The summed E-state index contributed by atoms with van der Waals surface area (Å²) in [7, 11) is 0. The third kappa shape index (κ3) is 4.06. The number of nitrogens with zero attached hydrogens (tertiary/aromatic N) is 1. The second-order valence-corrected chi connectivity index (χ2v) is 11.4. The minimum atomic E-state index is -1.51. The van der Waals surface area contributed by atoms with Crippen LogP contribution in [0.5, 0.6) is 5.75 Å². The quantitative estimate of drug-likeness (QED) is 0.218. The lowest BCUT2D eigenvalue weighted by Crippen LogP contribution is -2.54. The van der Waals surface area contributed by atoms with Gasteiger partial charge < -0.3 is 20.5 Å². The molecular formula is C36H31N3O5. The van der Waals surface area contributed by atoms with Crippen molar-refractivity contribution < 1.29 is 24.2 Å². The van der Waals surface area contributed by atoms with Gasteiger partial charge in [0.05, 0.1) is 18.0 Å². The van der Waals surface area contributed by atoms with Crippen LogP contribution in [-0.4, -0.2) is 40.4 Å². The Kier molecular flexibility index (Phi) is 6.78. The highest BCUT2D eigenvalue weighted by atomic mass is 16.6. The van der Waals surface area contributed by atoms with E-state index in [9.17, 15) is 19.5 Å². The topological polar surface area (TPSA) is 108 Å². The Morgan fingerprint density at radius 2 is 1.50 bits per heavy atom. The number of fused-ring (bicyclic) bond motifs is 3. The molecule has 1 spiro atoms. The van der Waals surface area contributed by atoms with Crippen LogP contribution in [-0.2, 0) is 24.5 Å². The zero-order valence-corrected chi connectivity index (χ0v) is 23.8. The molecule has 6 atom stereocenters. The SMILES string of the molecule is C=CCNC(=O)C1C2C(=O)OC(c3ccccc3)C(c3ccccc3)N2C(c2ccc(O)cc2)C12C(=O)Nc1ccccc12. The number of hydrogen-bond acceptors (Lipinski definition) is 6. The Balaban J connectivity index is 1.55. The summed E-state index contributed by atoms with van der Waals surface area (Å²) in [6.07, 6.45) is 0.836. The van der Waals surface area contributed by atoms with Gasteiger partial charge in [0.2, 0.25) is 11.8 Å². The first-order valence-corrected chi connectivity index (χ1v) is 14.6. The number of benzene rings is 4. The highest BCUT2D eigenvalue weighted by Crippen LogP contribution is 2.64. The first-order valence-electron chi connectivity index (χ1n) is 14.6. The maximum Gasteiger partial charge on any atom is 0.324 e. The number of morpholine rings is 1. The molecule has 8 nitrogen and oxygen atoms in total. The van der Waals surface area contributed by atoms with E-state index in [4.69, 9.17) is 4.74 Å². The highest BCUT2D eigenvalue weighted by molar-refractivity contribution is 6.12. The molecule has 4 aromatic rings. The van der Waals surface area contributed by atoms with Crippen LogP contribution in [0.2, 0.25) is 0 Å². The molecule has 3 N–H and O–H groups in total. The van der Waals surface area contributed by atoms with Crippen LogP contribution in [0.25, 0.3) is 0 Å². The molecule has 0 aliphatic carbocycles. The number of aromatic hydroxyl groups is 1. The Bertz CT molecular complexity index is 1740. The van der Waals surface area contributed by atoms with Crippen molar-refractivity contribution in [3.8, 4) is 5.75 Å². The molecule has 44 heavy (non-hydrogen) atoms. The van der Waals surface area contributed by atoms with Gasteiger partial charge in [0, 0.05) is 12.2 Å². The number of cyclic esters (lactones) is 1. The fraction of sp³-hybridized carbons (Fsp3) is 0.194. The number of carbonyl (C=O) groups is 3. The number of nitrogens with one attached hydrogen (secondary N) is 2. The molecule has 2 saturated heterocycles. The molecule has 7 rings (SSSR count). The predicted molar refractivity (Wildman–Crippen MR) is 164 cm³/mol. The Hall–Kier alpha value is -5.21. The van der Waals surface area contributed by atoms with Crippen molar-refractivity contribution in [3.05, 3.63) is 144 Å². The van der Waals surface area contributed by atoms with Gasteiger partial charge in [-0.15, -0.1) is 6.58 Å². The Morgan fingerprint density at radius 3 is 2.18 bits per heavy atom. The molecule has 0 aromatic heterocycles. The molecule has 2 fully saturated rings. The van der Waals surface area contributed by atoms with Gasteiger partial charge in [0.25, 0.3) is 0 Å². The summed E-state index contributed by atoms with van der Waals surface area (Å²) >= 11 is 0. The molecule has 0 saturated carbocycles. The van der Waals surface area contributed by atoms with Crippen molar-refractivity contribution in [1.82, 2.24) is 10.2 Å². The summed E-state index contributed by atoms with van der Waals surface area (Å²) < 4.78 is 6.32. The minimum Gasteiger partial charge on any atom is -0.508 e. The monoisotopic (exact) mass is 585 g/mol. The second-order valence-electron chi connectivity index (χ2n) is 11.4. The average molecular weight is 586 g/mol. The van der Waals surface area contributed by atoms with Crippen LogP contribution in [0.1, 0.15) is 40.4 Å². The lowest BCUT2D eigenvalue weighted by molar-refractivity contribution is -0.178. The van der Waals surface area contributed by atoms with E-state index in [1.165, 1.54) is 0 Å². The summed E-state index contributed by atoms with van der Waals surface area (Å²) in [5.41, 5.74) is 2.06. The van der Waals surface area contributed by atoms with Crippen LogP contribution < -0.4 is 10.6 Å². The standard InChI is InChI=1S/C36H31N3O5/c1-2-21-37-33(41)28-30-34(42)44-31(23-13-7-4-8-14-23)29(22-11-5-3-6-12-22)39(30)32(24-17-19-25(40)20-18-24)36(28)26-15-9-10-16-27(26)38-35(36)43/h2-20,28-32,40H,1,21H2,(H,37,41)(H,38,43). The van der Waals surface area contributed by atoms with Crippen LogP contribution in [0, 0.1) is 5.92 Å². The van der Waals surface area contributed by atoms with Crippen molar-refractivity contribution in [2.24, 2.45) is 5.92 Å². The van der Waals surface area contributed by atoms with E-state index in [1.54, 1.807) is 30.3 Å². The lowest BCUT2D eigenvalue weighted by Gasteiger charge is -2.46. The second kappa shape index (κ2) is 10.8. The summed E-state index contributed by atoms with van der Waals surface area (Å²) in [5.74, 6) is -2.49. The predicted octanol–water partition coefficient (Wildman–Crippen LogP) is 4.97. The lowest BCUT2D eigenvalue weighted by atomic mass is 9.65. The number of phenolic OH excluding ortho intramolecular Hbond substituents is 1. The van der Waals surface area contributed by atoms with E-state index in [0.717, 1.165) is 11.1 Å². The zero-order chi connectivity index (χ0) is 30.4. The number of ether oxygens (including phenoxy) is 1. The minimum absolute atomic E-state index is 0.0636. The maximum absolute atomic E-state index is 14.6. The highest BCUT2D eigenvalue weighted by Gasteiger charge is 2.73. The van der Waals surface area contributed by atoms with Gasteiger partial charge in [-0.1, -0.05) is 97.1 Å². The zero-order valence-electron chi connectivity index (χ0n) is 23.8. The smallest absolute Gasteiger partial charge is 0.324 e. The van der Waals surface area contributed by atoms with Crippen LogP contribution in [0.15, 0.2) is 122 Å².